The van der Waals surface area contributed by atoms with Crippen molar-refractivity contribution >= 4 is 46.3 Å². The highest BCUT2D eigenvalue weighted by Gasteiger charge is 2.15. The van der Waals surface area contributed by atoms with Gasteiger partial charge < -0.3 is 14.8 Å². The number of methoxy groups -OCH3 is 1. The first-order valence-electron chi connectivity index (χ1n) is 9.47. The van der Waals surface area contributed by atoms with E-state index in [1.807, 2.05) is 36.6 Å². The predicted octanol–water partition coefficient (Wildman–Crippen LogP) is 5.64. The fraction of sp³-hybridized carbons (Fsp3) is 0.136. The van der Waals surface area contributed by atoms with Gasteiger partial charge in [0.15, 0.2) is 6.61 Å². The number of aromatic nitrogens is 3. The number of amides is 1. The van der Waals surface area contributed by atoms with Crippen LogP contribution < -0.4 is 14.8 Å². The molecular formula is C22H18Cl2N4O3S. The number of ether oxygens (including phenoxy) is 2. The zero-order valence-electron chi connectivity index (χ0n) is 17.1. The molecule has 0 saturated carbocycles. The second-order valence-electron chi connectivity index (χ2n) is 6.74. The van der Waals surface area contributed by atoms with Crippen LogP contribution in [0.3, 0.4) is 0 Å². The third-order valence-corrected chi connectivity index (χ3v) is 5.74. The minimum absolute atomic E-state index is 0.224. The highest BCUT2D eigenvalue weighted by atomic mass is 35.5. The molecule has 0 fully saturated rings. The Balaban J connectivity index is 1.49. The average Bonchev–Trinajstić information content (AvgIpc) is 3.40. The summed E-state index contributed by atoms with van der Waals surface area (Å²) in [4.78, 5) is 17.1. The van der Waals surface area contributed by atoms with Crippen molar-refractivity contribution in [2.24, 2.45) is 0 Å². The van der Waals surface area contributed by atoms with E-state index >= 15 is 0 Å². The highest BCUT2D eigenvalue weighted by Crippen LogP contribution is 2.29. The first-order chi connectivity index (χ1) is 15.4. The summed E-state index contributed by atoms with van der Waals surface area (Å²) in [6, 6.07) is 14.2. The standard InChI is InChI=1S/C22H18Cl2N4O3S/c1-13-8-20(26-21(29)11-31-19-7-6-15(23)10-17(19)24)28(27-13)22-25-18(12-32-22)14-4-3-5-16(9-14)30-2/h3-10,12H,11H2,1-2H3,(H,26,29). The molecule has 0 aliphatic rings. The van der Waals surface area contributed by atoms with Gasteiger partial charge in [0.05, 0.1) is 23.5 Å². The maximum atomic E-state index is 12.5. The van der Waals surface area contributed by atoms with Crippen molar-refractivity contribution in [2.45, 2.75) is 6.92 Å². The van der Waals surface area contributed by atoms with Crippen LogP contribution >= 0.6 is 34.5 Å². The second-order valence-corrected chi connectivity index (χ2v) is 8.42. The Hall–Kier alpha value is -3.07. The average molecular weight is 489 g/mol. The van der Waals surface area contributed by atoms with Gasteiger partial charge in [-0.1, -0.05) is 35.3 Å². The van der Waals surface area contributed by atoms with Crippen LogP contribution in [0.5, 0.6) is 11.5 Å². The zero-order valence-corrected chi connectivity index (χ0v) is 19.5. The SMILES string of the molecule is COc1cccc(-c2csc(-n3nc(C)cc3NC(=O)COc3ccc(Cl)cc3Cl)n2)c1. The monoisotopic (exact) mass is 488 g/mol. The van der Waals surface area contributed by atoms with Crippen molar-refractivity contribution < 1.29 is 14.3 Å². The van der Waals surface area contributed by atoms with Gasteiger partial charge in [0.25, 0.3) is 5.91 Å². The number of carbonyl (C=O) groups excluding carboxylic acids is 1. The van der Waals surface area contributed by atoms with Crippen LogP contribution in [0.4, 0.5) is 5.82 Å². The summed E-state index contributed by atoms with van der Waals surface area (Å²) in [6.07, 6.45) is 0. The van der Waals surface area contributed by atoms with E-state index in [2.05, 4.69) is 15.4 Å². The predicted molar refractivity (Wildman–Crippen MR) is 127 cm³/mol. The summed E-state index contributed by atoms with van der Waals surface area (Å²) in [5.41, 5.74) is 2.45. The molecule has 0 aliphatic heterocycles. The molecule has 164 valence electrons. The van der Waals surface area contributed by atoms with Crippen LogP contribution in [-0.4, -0.2) is 34.4 Å². The molecule has 4 aromatic rings. The highest BCUT2D eigenvalue weighted by molar-refractivity contribution is 7.12. The van der Waals surface area contributed by atoms with Gasteiger partial charge in [-0.05, 0) is 37.3 Å². The normalized spacial score (nSPS) is 10.8. The molecule has 0 saturated heterocycles. The molecule has 0 atom stereocenters. The summed E-state index contributed by atoms with van der Waals surface area (Å²) >= 11 is 13.4. The molecule has 2 heterocycles. The largest absolute Gasteiger partial charge is 0.497 e. The van der Waals surface area contributed by atoms with Gasteiger partial charge in [-0.2, -0.15) is 9.78 Å². The van der Waals surface area contributed by atoms with E-state index in [0.717, 1.165) is 22.7 Å². The lowest BCUT2D eigenvalue weighted by atomic mass is 10.2. The number of hydrogen-bond acceptors (Lipinski definition) is 6. The smallest absolute Gasteiger partial charge is 0.263 e. The maximum absolute atomic E-state index is 12.5. The molecule has 1 N–H and O–H groups in total. The van der Waals surface area contributed by atoms with Crippen molar-refractivity contribution in [3.05, 3.63) is 69.7 Å². The van der Waals surface area contributed by atoms with Crippen LogP contribution in [0.25, 0.3) is 16.4 Å². The van der Waals surface area contributed by atoms with Crippen molar-refractivity contribution in [2.75, 3.05) is 19.0 Å². The van der Waals surface area contributed by atoms with Crippen molar-refractivity contribution in [3.63, 3.8) is 0 Å². The van der Waals surface area contributed by atoms with E-state index in [4.69, 9.17) is 32.7 Å². The summed E-state index contributed by atoms with van der Waals surface area (Å²) in [6.45, 7) is 1.62. The minimum atomic E-state index is -0.359. The van der Waals surface area contributed by atoms with E-state index in [1.165, 1.54) is 11.3 Å². The van der Waals surface area contributed by atoms with E-state index in [1.54, 1.807) is 36.1 Å². The summed E-state index contributed by atoms with van der Waals surface area (Å²) in [5.74, 6) is 1.26. The van der Waals surface area contributed by atoms with Gasteiger partial charge in [-0.3, -0.25) is 4.79 Å². The van der Waals surface area contributed by atoms with E-state index < -0.39 is 0 Å². The van der Waals surface area contributed by atoms with E-state index in [9.17, 15) is 4.79 Å². The maximum Gasteiger partial charge on any atom is 0.263 e. The Morgan fingerprint density at radius 3 is 2.81 bits per heavy atom. The van der Waals surface area contributed by atoms with Gasteiger partial charge in [-0.15, -0.1) is 11.3 Å². The molecule has 0 unspecified atom stereocenters. The summed E-state index contributed by atoms with van der Waals surface area (Å²) in [5, 5.41) is 10.6. The van der Waals surface area contributed by atoms with Crippen LogP contribution in [0.15, 0.2) is 53.9 Å². The summed E-state index contributed by atoms with van der Waals surface area (Å²) < 4.78 is 12.4. The Kier molecular flexibility index (Phi) is 6.64. The number of nitrogens with zero attached hydrogens (tertiary/aromatic N) is 3. The molecule has 2 aromatic carbocycles. The zero-order chi connectivity index (χ0) is 22.7. The van der Waals surface area contributed by atoms with Crippen LogP contribution in [0, 0.1) is 6.92 Å². The third kappa shape index (κ3) is 5.04. The first kappa shape index (κ1) is 22.1. The Bertz CT molecular complexity index is 1270. The quantitative estimate of drug-likeness (QED) is 0.364. The minimum Gasteiger partial charge on any atom is -0.497 e. The van der Waals surface area contributed by atoms with Gasteiger partial charge in [-0.25, -0.2) is 4.98 Å². The Morgan fingerprint density at radius 1 is 1.19 bits per heavy atom. The molecule has 10 heteroatoms. The number of aryl methyl sites for hydroxylation is 1. The number of halogens is 2. The molecule has 32 heavy (non-hydrogen) atoms. The number of hydrogen-bond donors (Lipinski definition) is 1. The summed E-state index contributed by atoms with van der Waals surface area (Å²) in [7, 11) is 1.62. The molecule has 4 rings (SSSR count). The lowest BCUT2D eigenvalue weighted by Crippen LogP contribution is -2.22. The Labute approximate surface area is 198 Å². The van der Waals surface area contributed by atoms with Crippen molar-refractivity contribution in [1.29, 1.82) is 0 Å². The lowest BCUT2D eigenvalue weighted by molar-refractivity contribution is -0.118. The Morgan fingerprint density at radius 2 is 2.03 bits per heavy atom. The molecule has 0 radical (unpaired) electrons. The van der Waals surface area contributed by atoms with Crippen molar-refractivity contribution in [3.8, 4) is 27.9 Å². The fourth-order valence-electron chi connectivity index (χ4n) is 2.93. The molecule has 0 aliphatic carbocycles. The van der Waals surface area contributed by atoms with Gasteiger partial charge in [0.1, 0.15) is 17.3 Å². The molecule has 7 nitrogen and oxygen atoms in total. The first-order valence-corrected chi connectivity index (χ1v) is 11.1. The molecule has 0 spiro atoms. The third-order valence-electron chi connectivity index (χ3n) is 4.39. The molecule has 2 aromatic heterocycles. The number of thiazole rings is 1. The number of anilines is 1. The topological polar surface area (TPSA) is 78.3 Å². The van der Waals surface area contributed by atoms with Gasteiger partial charge in [0, 0.05) is 22.0 Å². The molecular weight excluding hydrogens is 471 g/mol. The number of benzene rings is 2. The molecule has 0 bridgehead atoms. The molecule has 1 amide bonds. The van der Waals surface area contributed by atoms with Crippen LogP contribution in [-0.2, 0) is 4.79 Å². The number of nitrogens with one attached hydrogen (secondary N) is 1. The van der Waals surface area contributed by atoms with E-state index in [-0.39, 0.29) is 12.5 Å². The van der Waals surface area contributed by atoms with Crippen molar-refractivity contribution in [1.82, 2.24) is 14.8 Å². The number of carbonyl (C=O) groups is 1. The van der Waals surface area contributed by atoms with E-state index in [0.29, 0.717) is 26.7 Å². The van der Waals surface area contributed by atoms with Crippen LogP contribution in [0.2, 0.25) is 10.0 Å². The number of rotatable bonds is 7. The van der Waals surface area contributed by atoms with Gasteiger partial charge in [0.2, 0.25) is 5.13 Å². The second kappa shape index (κ2) is 9.60. The lowest BCUT2D eigenvalue weighted by Gasteiger charge is -2.09. The van der Waals surface area contributed by atoms with Gasteiger partial charge >= 0.3 is 0 Å². The fourth-order valence-corrected chi connectivity index (χ4v) is 4.18. The van der Waals surface area contributed by atoms with Crippen LogP contribution in [0.1, 0.15) is 5.69 Å².